The van der Waals surface area contributed by atoms with Gasteiger partial charge in [-0.15, -0.1) is 0 Å². The SMILES string of the molecule is Cc1ccc(NCCCn2c3ccccc3c3ccccc32)cc1. The molecule has 2 nitrogen and oxygen atoms in total. The molecule has 1 N–H and O–H groups in total. The van der Waals surface area contributed by atoms with Gasteiger partial charge in [-0.25, -0.2) is 0 Å². The Bertz CT molecular complexity index is 911. The maximum Gasteiger partial charge on any atom is 0.0491 e. The van der Waals surface area contributed by atoms with Crippen molar-refractivity contribution in [3.05, 3.63) is 78.4 Å². The number of nitrogens with one attached hydrogen (secondary N) is 1. The highest BCUT2D eigenvalue weighted by Crippen LogP contribution is 2.28. The molecule has 4 rings (SSSR count). The van der Waals surface area contributed by atoms with Crippen molar-refractivity contribution >= 4 is 27.5 Å². The van der Waals surface area contributed by atoms with Crippen molar-refractivity contribution in [2.45, 2.75) is 19.9 Å². The zero-order chi connectivity index (χ0) is 16.4. The Morgan fingerprint density at radius 3 is 1.96 bits per heavy atom. The molecule has 0 bridgehead atoms. The second kappa shape index (κ2) is 6.40. The van der Waals surface area contributed by atoms with E-state index >= 15 is 0 Å². The van der Waals surface area contributed by atoms with E-state index in [9.17, 15) is 0 Å². The predicted octanol–water partition coefficient (Wildman–Crippen LogP) is 5.61. The number of para-hydroxylation sites is 2. The largest absolute Gasteiger partial charge is 0.385 e. The highest BCUT2D eigenvalue weighted by molar-refractivity contribution is 6.07. The lowest BCUT2D eigenvalue weighted by Crippen LogP contribution is -2.06. The minimum atomic E-state index is 0.976. The van der Waals surface area contributed by atoms with Crippen molar-refractivity contribution < 1.29 is 0 Å². The maximum atomic E-state index is 3.52. The van der Waals surface area contributed by atoms with Gasteiger partial charge in [0, 0.05) is 40.6 Å². The molecule has 3 aromatic carbocycles. The minimum Gasteiger partial charge on any atom is -0.385 e. The lowest BCUT2D eigenvalue weighted by atomic mass is 10.2. The molecule has 2 heteroatoms. The molecule has 0 aliphatic heterocycles. The average molecular weight is 314 g/mol. The molecule has 0 spiro atoms. The summed E-state index contributed by atoms with van der Waals surface area (Å²) >= 11 is 0. The summed E-state index contributed by atoms with van der Waals surface area (Å²) in [4.78, 5) is 0. The molecule has 4 aromatic rings. The summed E-state index contributed by atoms with van der Waals surface area (Å²) in [5.74, 6) is 0. The van der Waals surface area contributed by atoms with Crippen LogP contribution in [0.4, 0.5) is 5.69 Å². The molecule has 0 radical (unpaired) electrons. The fourth-order valence-electron chi connectivity index (χ4n) is 3.39. The van der Waals surface area contributed by atoms with Crippen LogP contribution in [0.2, 0.25) is 0 Å². The van der Waals surface area contributed by atoms with Crippen LogP contribution in [0.1, 0.15) is 12.0 Å². The summed E-state index contributed by atoms with van der Waals surface area (Å²) in [7, 11) is 0. The molecule has 120 valence electrons. The number of hydrogen-bond acceptors (Lipinski definition) is 1. The second-order valence-electron chi connectivity index (χ2n) is 6.33. The van der Waals surface area contributed by atoms with E-state index in [0.29, 0.717) is 0 Å². The van der Waals surface area contributed by atoms with Crippen LogP contribution < -0.4 is 5.32 Å². The van der Waals surface area contributed by atoms with Crippen LogP contribution in [0.25, 0.3) is 21.8 Å². The Kier molecular flexibility index (Phi) is 3.96. The van der Waals surface area contributed by atoms with E-state index in [-0.39, 0.29) is 0 Å². The van der Waals surface area contributed by atoms with Crippen LogP contribution in [0.5, 0.6) is 0 Å². The Balaban J connectivity index is 1.52. The fraction of sp³-hybridized carbons (Fsp3) is 0.182. The Morgan fingerprint density at radius 2 is 1.33 bits per heavy atom. The summed E-state index contributed by atoms with van der Waals surface area (Å²) in [6.45, 7) is 4.11. The van der Waals surface area contributed by atoms with Gasteiger partial charge in [0.15, 0.2) is 0 Å². The van der Waals surface area contributed by atoms with Crippen LogP contribution in [0.3, 0.4) is 0 Å². The highest BCUT2D eigenvalue weighted by Gasteiger charge is 2.08. The van der Waals surface area contributed by atoms with Crippen molar-refractivity contribution in [3.8, 4) is 0 Å². The van der Waals surface area contributed by atoms with Crippen LogP contribution >= 0.6 is 0 Å². The van der Waals surface area contributed by atoms with Crippen molar-refractivity contribution in [3.63, 3.8) is 0 Å². The predicted molar refractivity (Wildman–Crippen MR) is 104 cm³/mol. The molecule has 0 amide bonds. The quantitative estimate of drug-likeness (QED) is 0.474. The van der Waals surface area contributed by atoms with Crippen LogP contribution in [0, 0.1) is 6.92 Å². The second-order valence-corrected chi connectivity index (χ2v) is 6.33. The van der Waals surface area contributed by atoms with Crippen molar-refractivity contribution in [2.24, 2.45) is 0 Å². The molecule has 0 unspecified atom stereocenters. The van der Waals surface area contributed by atoms with Gasteiger partial charge in [0.1, 0.15) is 0 Å². The van der Waals surface area contributed by atoms with Crippen LogP contribution in [0.15, 0.2) is 72.8 Å². The number of rotatable bonds is 5. The van der Waals surface area contributed by atoms with E-state index in [1.165, 1.54) is 33.1 Å². The monoisotopic (exact) mass is 314 g/mol. The van der Waals surface area contributed by atoms with Gasteiger partial charge in [-0.1, -0.05) is 54.1 Å². The van der Waals surface area contributed by atoms with Crippen molar-refractivity contribution in [2.75, 3.05) is 11.9 Å². The summed E-state index contributed by atoms with van der Waals surface area (Å²) < 4.78 is 2.45. The molecular formula is C22H22N2. The first-order valence-corrected chi connectivity index (χ1v) is 8.59. The number of benzene rings is 3. The van der Waals surface area contributed by atoms with E-state index in [4.69, 9.17) is 0 Å². The van der Waals surface area contributed by atoms with E-state index in [0.717, 1.165) is 19.5 Å². The number of hydrogen-bond donors (Lipinski definition) is 1. The molecule has 24 heavy (non-hydrogen) atoms. The molecule has 1 heterocycles. The summed E-state index contributed by atoms with van der Waals surface area (Å²) in [5, 5.41) is 6.21. The van der Waals surface area contributed by atoms with Gasteiger partial charge >= 0.3 is 0 Å². The lowest BCUT2D eigenvalue weighted by Gasteiger charge is -2.09. The van der Waals surface area contributed by atoms with Crippen LogP contribution in [-0.4, -0.2) is 11.1 Å². The van der Waals surface area contributed by atoms with Crippen molar-refractivity contribution in [1.82, 2.24) is 4.57 Å². The highest BCUT2D eigenvalue weighted by atomic mass is 15.0. The number of fused-ring (bicyclic) bond motifs is 3. The molecule has 1 aromatic heterocycles. The number of aryl methyl sites for hydroxylation is 2. The summed E-state index contributed by atoms with van der Waals surface area (Å²) in [6, 6.07) is 26.0. The zero-order valence-electron chi connectivity index (χ0n) is 14.0. The van der Waals surface area contributed by atoms with E-state index in [1.54, 1.807) is 0 Å². The standard InChI is InChI=1S/C22H22N2/c1-17-11-13-18(14-12-17)23-15-6-16-24-21-9-4-2-7-19(21)20-8-3-5-10-22(20)24/h2-5,7-14,23H,6,15-16H2,1H3. The first-order chi connectivity index (χ1) is 11.8. The number of nitrogens with zero attached hydrogens (tertiary/aromatic N) is 1. The van der Waals surface area contributed by atoms with Gasteiger partial charge in [-0.3, -0.25) is 0 Å². The third kappa shape index (κ3) is 2.76. The van der Waals surface area contributed by atoms with Gasteiger partial charge in [-0.05, 0) is 37.6 Å². The third-order valence-electron chi connectivity index (χ3n) is 4.62. The molecule has 0 saturated heterocycles. The molecular weight excluding hydrogens is 292 g/mol. The van der Waals surface area contributed by atoms with E-state index in [1.807, 2.05) is 0 Å². The molecule has 0 aliphatic rings. The van der Waals surface area contributed by atoms with Gasteiger partial charge in [-0.2, -0.15) is 0 Å². The molecule has 0 fully saturated rings. The van der Waals surface area contributed by atoms with Gasteiger partial charge in [0.05, 0.1) is 0 Å². The maximum absolute atomic E-state index is 3.52. The van der Waals surface area contributed by atoms with E-state index in [2.05, 4.69) is 89.6 Å². The summed E-state index contributed by atoms with van der Waals surface area (Å²) in [6.07, 6.45) is 1.09. The third-order valence-corrected chi connectivity index (χ3v) is 4.62. The smallest absolute Gasteiger partial charge is 0.0491 e. The van der Waals surface area contributed by atoms with Crippen LogP contribution in [-0.2, 0) is 6.54 Å². The fourth-order valence-corrected chi connectivity index (χ4v) is 3.39. The van der Waals surface area contributed by atoms with Gasteiger partial charge in [0.25, 0.3) is 0 Å². The first kappa shape index (κ1) is 14.8. The summed E-state index contributed by atoms with van der Waals surface area (Å²) in [5.41, 5.74) is 5.15. The van der Waals surface area contributed by atoms with Gasteiger partial charge < -0.3 is 9.88 Å². The zero-order valence-corrected chi connectivity index (χ0v) is 14.0. The normalized spacial score (nSPS) is 11.2. The van der Waals surface area contributed by atoms with Crippen molar-refractivity contribution in [1.29, 1.82) is 0 Å². The van der Waals surface area contributed by atoms with E-state index < -0.39 is 0 Å². The Labute approximate surface area is 142 Å². The Hall–Kier alpha value is -2.74. The number of anilines is 1. The molecule has 0 atom stereocenters. The average Bonchev–Trinajstić information content (AvgIpc) is 2.95. The number of aromatic nitrogens is 1. The first-order valence-electron chi connectivity index (χ1n) is 8.59. The Morgan fingerprint density at radius 1 is 0.750 bits per heavy atom. The molecule has 0 aliphatic carbocycles. The minimum absolute atomic E-state index is 0.976. The van der Waals surface area contributed by atoms with Gasteiger partial charge in [0.2, 0.25) is 0 Å². The molecule has 0 saturated carbocycles. The topological polar surface area (TPSA) is 17.0 Å². The lowest BCUT2D eigenvalue weighted by molar-refractivity contribution is 0.701.